The summed E-state index contributed by atoms with van der Waals surface area (Å²) in [5.41, 5.74) is 1.23. The number of hydrogen-bond acceptors (Lipinski definition) is 3. The number of aromatic nitrogens is 2. The normalized spacial score (nSPS) is 10.8. The largest absolute Gasteiger partial charge is 0.352 e. The highest BCUT2D eigenvalue weighted by molar-refractivity contribution is 5.95. The van der Waals surface area contributed by atoms with Gasteiger partial charge in [0.25, 0.3) is 11.5 Å². The summed E-state index contributed by atoms with van der Waals surface area (Å²) in [7, 11) is 1.56. The average molecular weight is 265 g/mol. The lowest BCUT2D eigenvalue weighted by Gasteiger charge is -2.14. The lowest BCUT2D eigenvalue weighted by atomic mass is 10.0. The molecule has 0 aliphatic rings. The van der Waals surface area contributed by atoms with Gasteiger partial charge in [-0.15, -0.1) is 0 Å². The lowest BCUT2D eigenvalue weighted by Crippen LogP contribution is -2.37. The van der Waals surface area contributed by atoms with Crippen LogP contribution in [0, 0.1) is 19.8 Å². The molecule has 0 saturated carbocycles. The van der Waals surface area contributed by atoms with Crippen molar-refractivity contribution in [3.63, 3.8) is 0 Å². The maximum Gasteiger partial charge on any atom is 0.279 e. The number of amides is 1. The van der Waals surface area contributed by atoms with Gasteiger partial charge in [-0.25, -0.2) is 4.68 Å². The van der Waals surface area contributed by atoms with Crippen molar-refractivity contribution in [3.8, 4) is 0 Å². The highest BCUT2D eigenvalue weighted by atomic mass is 16.2. The molecule has 0 aromatic carbocycles. The molecule has 0 aliphatic heterocycles. The highest BCUT2D eigenvalue weighted by Crippen LogP contribution is 2.08. The minimum Gasteiger partial charge on any atom is -0.352 e. The zero-order valence-corrected chi connectivity index (χ0v) is 12.4. The van der Waals surface area contributed by atoms with Crippen molar-refractivity contribution in [2.24, 2.45) is 13.0 Å². The van der Waals surface area contributed by atoms with Gasteiger partial charge < -0.3 is 5.32 Å². The number of rotatable bonds is 5. The molecule has 1 amide bonds. The molecule has 0 unspecified atom stereocenters. The van der Waals surface area contributed by atoms with Gasteiger partial charge in [-0.05, 0) is 25.3 Å². The van der Waals surface area contributed by atoms with E-state index in [9.17, 15) is 9.59 Å². The molecule has 0 bridgehead atoms. The van der Waals surface area contributed by atoms with Crippen molar-refractivity contribution in [1.82, 2.24) is 15.1 Å². The Morgan fingerprint density at radius 2 is 1.89 bits per heavy atom. The Balaban J connectivity index is 2.98. The van der Waals surface area contributed by atoms with Crippen LogP contribution in [0.1, 0.15) is 48.3 Å². The van der Waals surface area contributed by atoms with Gasteiger partial charge in [0.1, 0.15) is 5.56 Å². The smallest absolute Gasteiger partial charge is 0.279 e. The SMILES string of the molecule is CCC(CC)CNC(=O)c1c(C)c(C)nn(C)c1=O. The predicted molar refractivity (Wildman–Crippen MR) is 75.4 cm³/mol. The van der Waals surface area contributed by atoms with Crippen LogP contribution in [-0.2, 0) is 7.05 Å². The molecule has 0 radical (unpaired) electrons. The maximum atomic E-state index is 12.2. The summed E-state index contributed by atoms with van der Waals surface area (Å²) in [5.74, 6) is 0.159. The third-order valence-corrected chi connectivity index (χ3v) is 3.66. The molecule has 1 N–H and O–H groups in total. The molecule has 0 spiro atoms. The molecule has 5 nitrogen and oxygen atoms in total. The molecule has 0 saturated heterocycles. The average Bonchev–Trinajstić information content (AvgIpc) is 2.38. The Bertz CT molecular complexity index is 516. The fourth-order valence-electron chi connectivity index (χ4n) is 2.02. The molecule has 0 atom stereocenters. The van der Waals surface area contributed by atoms with Crippen LogP contribution in [0.15, 0.2) is 4.79 Å². The second kappa shape index (κ2) is 6.50. The summed E-state index contributed by atoms with van der Waals surface area (Å²) in [6, 6.07) is 0. The van der Waals surface area contributed by atoms with Gasteiger partial charge >= 0.3 is 0 Å². The van der Waals surface area contributed by atoms with Crippen LogP contribution in [-0.4, -0.2) is 22.2 Å². The van der Waals surface area contributed by atoms with Crippen LogP contribution >= 0.6 is 0 Å². The van der Waals surface area contributed by atoms with Crippen LogP contribution in [0.3, 0.4) is 0 Å². The number of nitrogens with one attached hydrogen (secondary N) is 1. The summed E-state index contributed by atoms with van der Waals surface area (Å²) in [5, 5.41) is 6.92. The molecule has 106 valence electrons. The van der Waals surface area contributed by atoms with E-state index in [1.807, 2.05) is 0 Å². The molecule has 1 aromatic heterocycles. The minimum absolute atomic E-state index is 0.209. The van der Waals surface area contributed by atoms with Gasteiger partial charge in [0.15, 0.2) is 0 Å². The van der Waals surface area contributed by atoms with Gasteiger partial charge in [0.05, 0.1) is 5.69 Å². The van der Waals surface area contributed by atoms with Gasteiger partial charge in [-0.3, -0.25) is 9.59 Å². The number of aryl methyl sites for hydroxylation is 2. The van der Waals surface area contributed by atoms with Crippen LogP contribution in [0.2, 0.25) is 0 Å². The molecule has 0 aliphatic carbocycles. The standard InChI is InChI=1S/C14H23N3O2/c1-6-11(7-2)8-15-13(18)12-9(3)10(4)16-17(5)14(12)19/h11H,6-8H2,1-5H3,(H,15,18). The van der Waals surface area contributed by atoms with Gasteiger partial charge in [-0.2, -0.15) is 5.10 Å². The van der Waals surface area contributed by atoms with E-state index in [2.05, 4.69) is 24.3 Å². The number of carbonyl (C=O) groups is 1. The number of nitrogens with zero attached hydrogens (tertiary/aromatic N) is 2. The first kappa shape index (κ1) is 15.4. The van der Waals surface area contributed by atoms with Gasteiger partial charge in [0, 0.05) is 13.6 Å². The van der Waals surface area contributed by atoms with Crippen LogP contribution in [0.4, 0.5) is 0 Å². The summed E-state index contributed by atoms with van der Waals surface area (Å²) < 4.78 is 1.22. The maximum absolute atomic E-state index is 12.2. The first-order valence-corrected chi connectivity index (χ1v) is 6.75. The van der Waals surface area contributed by atoms with Crippen LogP contribution < -0.4 is 10.9 Å². The molecule has 0 fully saturated rings. The third kappa shape index (κ3) is 3.43. The Kier molecular flexibility index (Phi) is 5.27. The Hall–Kier alpha value is -1.65. The van der Waals surface area contributed by atoms with Crippen LogP contribution in [0.25, 0.3) is 0 Å². The first-order valence-electron chi connectivity index (χ1n) is 6.75. The van der Waals surface area contributed by atoms with E-state index in [1.54, 1.807) is 20.9 Å². The molecular formula is C14H23N3O2. The Morgan fingerprint density at radius 3 is 2.42 bits per heavy atom. The second-order valence-corrected chi connectivity index (χ2v) is 4.91. The van der Waals surface area contributed by atoms with E-state index < -0.39 is 0 Å². The zero-order valence-electron chi connectivity index (χ0n) is 12.4. The van der Waals surface area contributed by atoms with E-state index in [4.69, 9.17) is 0 Å². The quantitative estimate of drug-likeness (QED) is 0.878. The second-order valence-electron chi connectivity index (χ2n) is 4.91. The Labute approximate surface area is 114 Å². The minimum atomic E-state index is -0.342. The fourth-order valence-corrected chi connectivity index (χ4v) is 2.02. The summed E-state index contributed by atoms with van der Waals surface area (Å²) >= 11 is 0. The molecular weight excluding hydrogens is 242 g/mol. The van der Waals surface area contributed by atoms with E-state index in [0.29, 0.717) is 23.7 Å². The van der Waals surface area contributed by atoms with Crippen molar-refractivity contribution in [2.45, 2.75) is 40.5 Å². The summed E-state index contributed by atoms with van der Waals surface area (Å²) in [4.78, 5) is 24.2. The zero-order chi connectivity index (χ0) is 14.6. The van der Waals surface area contributed by atoms with Crippen molar-refractivity contribution in [2.75, 3.05) is 6.54 Å². The van der Waals surface area contributed by atoms with E-state index in [-0.39, 0.29) is 17.0 Å². The molecule has 19 heavy (non-hydrogen) atoms. The summed E-state index contributed by atoms with van der Waals surface area (Å²) in [6.07, 6.45) is 2.03. The van der Waals surface area contributed by atoms with Crippen molar-refractivity contribution in [3.05, 3.63) is 27.2 Å². The summed E-state index contributed by atoms with van der Waals surface area (Å²) in [6.45, 7) is 8.36. The number of carbonyl (C=O) groups excluding carboxylic acids is 1. The van der Waals surface area contributed by atoms with Crippen LogP contribution in [0.5, 0.6) is 0 Å². The fraction of sp³-hybridized carbons (Fsp3) is 0.643. The van der Waals surface area contributed by atoms with Crippen molar-refractivity contribution < 1.29 is 4.79 Å². The third-order valence-electron chi connectivity index (χ3n) is 3.66. The molecule has 1 rings (SSSR count). The topological polar surface area (TPSA) is 64.0 Å². The predicted octanol–water partition coefficient (Wildman–Crippen LogP) is 1.56. The van der Waals surface area contributed by atoms with Crippen molar-refractivity contribution >= 4 is 5.91 Å². The van der Waals surface area contributed by atoms with Gasteiger partial charge in [0.2, 0.25) is 0 Å². The van der Waals surface area contributed by atoms with Crippen molar-refractivity contribution in [1.29, 1.82) is 0 Å². The van der Waals surface area contributed by atoms with Gasteiger partial charge in [-0.1, -0.05) is 26.7 Å². The monoisotopic (exact) mass is 265 g/mol. The Morgan fingerprint density at radius 1 is 1.32 bits per heavy atom. The van der Waals surface area contributed by atoms with E-state index in [1.165, 1.54) is 4.68 Å². The highest BCUT2D eigenvalue weighted by Gasteiger charge is 2.18. The molecule has 1 heterocycles. The number of hydrogen-bond donors (Lipinski definition) is 1. The van der Waals surface area contributed by atoms with E-state index in [0.717, 1.165) is 12.8 Å². The molecule has 1 aromatic rings. The van der Waals surface area contributed by atoms with E-state index >= 15 is 0 Å². The molecule has 5 heteroatoms. The first-order chi connectivity index (χ1) is 8.92. The lowest BCUT2D eigenvalue weighted by molar-refractivity contribution is 0.0943.